The normalized spacial score (nSPS) is 14.6. The number of hydrogen-bond acceptors (Lipinski definition) is 7. The van der Waals surface area contributed by atoms with Crippen LogP contribution in [0.15, 0.2) is 0 Å². The first kappa shape index (κ1) is 22.0. The van der Waals surface area contributed by atoms with Crippen LogP contribution in [0.3, 0.4) is 0 Å². The number of amides is 2. The van der Waals surface area contributed by atoms with Crippen LogP contribution in [0.5, 0.6) is 0 Å². The first-order chi connectivity index (χ1) is 10.6. The molecule has 1 radical (unpaired) electrons. The predicted octanol–water partition coefficient (Wildman–Crippen LogP) is -3.00. The first-order valence-electron chi connectivity index (χ1n) is 6.80. The van der Waals surface area contributed by atoms with Gasteiger partial charge >= 0.3 is 129 Å². The Morgan fingerprint density at radius 2 is 1.74 bits per heavy atom. The third kappa shape index (κ3) is 10.4. The van der Waals surface area contributed by atoms with E-state index in [-0.39, 0.29) is 23.9 Å². The number of nitrogens with one attached hydrogen (secondary N) is 1. The van der Waals surface area contributed by atoms with Crippen molar-refractivity contribution in [1.29, 1.82) is 0 Å². The summed E-state index contributed by atoms with van der Waals surface area (Å²) in [6, 6.07) is -2.57. The molecule has 0 fully saturated rings. The Kier molecular flexibility index (Phi) is 11.1. The Morgan fingerprint density at radius 3 is 2.22 bits per heavy atom. The van der Waals surface area contributed by atoms with Gasteiger partial charge in [-0.1, -0.05) is 0 Å². The summed E-state index contributed by atoms with van der Waals surface area (Å²) < 4.78 is 0.0495. The molecule has 0 saturated carbocycles. The van der Waals surface area contributed by atoms with E-state index in [1.54, 1.807) is 0 Å². The average molecular weight is 414 g/mol. The summed E-state index contributed by atoms with van der Waals surface area (Å²) in [5.74, 6) is -1.53. The number of primary amides is 1. The molecule has 0 bridgehead atoms. The molecule has 11 heteroatoms. The number of carbonyl (C=O) groups is 3. The molecular weight excluding hydrogens is 391 g/mol. The van der Waals surface area contributed by atoms with Crippen LogP contribution in [0.25, 0.3) is 0 Å². The summed E-state index contributed by atoms with van der Waals surface area (Å²) in [5, 5.41) is 20.6. The molecule has 0 heterocycles. The van der Waals surface area contributed by atoms with Gasteiger partial charge in [-0.3, -0.25) is 4.79 Å². The number of rotatable bonds is 12. The molecule has 0 aromatic rings. The molecule has 0 spiro atoms. The van der Waals surface area contributed by atoms with Crippen molar-refractivity contribution in [2.24, 2.45) is 17.2 Å². The zero-order chi connectivity index (χ0) is 18.0. The summed E-state index contributed by atoms with van der Waals surface area (Å²) in [7, 11) is 0. The molecule has 0 rings (SSSR count). The molecule has 3 atom stereocenters. The molecule has 0 aromatic heterocycles. The van der Waals surface area contributed by atoms with Crippen molar-refractivity contribution in [1.82, 2.24) is 5.32 Å². The van der Waals surface area contributed by atoms with Gasteiger partial charge in [0.05, 0.1) is 0 Å². The van der Waals surface area contributed by atoms with Crippen LogP contribution in [0, 0.1) is 0 Å². The van der Waals surface area contributed by atoms with Gasteiger partial charge in [0.1, 0.15) is 0 Å². The van der Waals surface area contributed by atoms with E-state index >= 15 is 0 Å². The van der Waals surface area contributed by atoms with Crippen LogP contribution >= 0.6 is 11.8 Å². The monoisotopic (exact) mass is 415 g/mol. The van der Waals surface area contributed by atoms with Crippen LogP contribution in [0.4, 0.5) is 0 Å². The molecule has 133 valence electrons. The number of carboxylic acids is 1. The zero-order valence-corrected chi connectivity index (χ0v) is 15.2. The number of aliphatic hydroxyl groups excluding tert-OH is 1. The molecule has 23 heavy (non-hydrogen) atoms. The number of nitrogens with two attached hydrogens (primary N) is 3. The van der Waals surface area contributed by atoms with Gasteiger partial charge in [0.2, 0.25) is 5.91 Å². The van der Waals surface area contributed by atoms with E-state index < -0.39 is 35.9 Å². The molecule has 2 amide bonds. The molecule has 0 aliphatic carbocycles. The number of carbonyl (C=O) groups excluding carboxylic acids is 2. The maximum atomic E-state index is 11.8. The van der Waals surface area contributed by atoms with E-state index in [9.17, 15) is 14.4 Å². The molecule has 9 N–H and O–H groups in total. The zero-order valence-electron chi connectivity index (χ0n) is 12.5. The molecule has 3 unspecified atom stereocenters. The maximum absolute atomic E-state index is 11.8. The summed E-state index contributed by atoms with van der Waals surface area (Å²) in [6.07, 6.45) is 0.191. The second kappa shape index (κ2) is 11.5. The van der Waals surface area contributed by atoms with E-state index in [1.807, 2.05) is 15.6 Å². The fourth-order valence-corrected chi connectivity index (χ4v) is 2.89. The topological polar surface area (TPSA) is 182 Å². The Hall–Kier alpha value is -0.971. The van der Waals surface area contributed by atoms with Crippen LogP contribution in [0.2, 0.25) is 0 Å². The molecule has 0 aromatic carbocycles. The minimum atomic E-state index is -1.17. The van der Waals surface area contributed by atoms with Crippen LogP contribution < -0.4 is 22.5 Å². The number of aliphatic hydroxyl groups is 1. The standard InChI is InChI=1S/C12H23N4O5SSe/c13-6(1-2-9(15)17)10(18)16-8(11(19)20)3-4-22-5-7(14)12(21)23/h6-8,21,23H,1-5,13-14H2,(H2,15,17)(H,16,18)(H,19,20). The Bertz CT molecular complexity index is 451. The van der Waals surface area contributed by atoms with Crippen LogP contribution in [-0.4, -0.2) is 77.8 Å². The first-order valence-corrected chi connectivity index (χ1v) is 8.89. The Labute approximate surface area is 146 Å². The van der Waals surface area contributed by atoms with Crippen molar-refractivity contribution in [2.75, 3.05) is 11.5 Å². The molecule has 9 nitrogen and oxygen atoms in total. The molecule has 0 aliphatic heterocycles. The third-order valence-corrected chi connectivity index (χ3v) is 4.65. The average Bonchev–Trinajstić information content (AvgIpc) is 2.46. The fraction of sp³-hybridized carbons (Fsp3) is 0.667. The van der Waals surface area contributed by atoms with Crippen LogP contribution in [0.1, 0.15) is 19.3 Å². The SMILES string of the molecule is NC(=O)CCC(N)C(=O)NC(CCSCC(N)C(O)=[SeH])C(=O)O. The Morgan fingerprint density at radius 1 is 1.13 bits per heavy atom. The summed E-state index contributed by atoms with van der Waals surface area (Å²) in [6.45, 7) is 0. The van der Waals surface area contributed by atoms with Gasteiger partial charge in [-0.05, 0) is 0 Å². The minimum absolute atomic E-state index is 0.0460. The third-order valence-electron chi connectivity index (χ3n) is 2.83. The van der Waals surface area contributed by atoms with Gasteiger partial charge in [0, 0.05) is 0 Å². The van der Waals surface area contributed by atoms with E-state index in [1.165, 1.54) is 11.8 Å². The van der Waals surface area contributed by atoms with E-state index in [0.717, 1.165) is 0 Å². The summed E-state index contributed by atoms with van der Waals surface area (Å²) in [4.78, 5) is 33.6. The van der Waals surface area contributed by atoms with E-state index in [2.05, 4.69) is 5.32 Å². The van der Waals surface area contributed by atoms with Gasteiger partial charge in [-0.15, -0.1) is 0 Å². The van der Waals surface area contributed by atoms with Gasteiger partial charge in [-0.2, -0.15) is 0 Å². The van der Waals surface area contributed by atoms with Gasteiger partial charge in [0.15, 0.2) is 0 Å². The molecule has 0 aliphatic rings. The van der Waals surface area contributed by atoms with Crippen molar-refractivity contribution in [3.8, 4) is 0 Å². The van der Waals surface area contributed by atoms with Gasteiger partial charge in [-0.25, -0.2) is 0 Å². The van der Waals surface area contributed by atoms with E-state index in [4.69, 9.17) is 27.4 Å². The quantitative estimate of drug-likeness (QED) is 0.144. The number of aliphatic carboxylic acids is 1. The number of thioether (sulfide) groups is 1. The van der Waals surface area contributed by atoms with Crippen molar-refractivity contribution in [3.63, 3.8) is 0 Å². The summed E-state index contributed by atoms with van der Waals surface area (Å²) in [5.41, 5.74) is 16.1. The van der Waals surface area contributed by atoms with E-state index in [0.29, 0.717) is 11.5 Å². The summed E-state index contributed by atoms with van der Waals surface area (Å²) >= 11 is 3.31. The van der Waals surface area contributed by atoms with Crippen molar-refractivity contribution < 1.29 is 24.6 Å². The second-order valence-corrected chi connectivity index (χ2v) is 6.95. The van der Waals surface area contributed by atoms with Crippen molar-refractivity contribution in [3.05, 3.63) is 0 Å². The number of carboxylic acid groups (broad SMARTS) is 1. The Balaban J connectivity index is 4.25. The molecular formula is C12H23N4O5SSe. The van der Waals surface area contributed by atoms with Gasteiger partial charge < -0.3 is 5.73 Å². The predicted molar refractivity (Wildman–Crippen MR) is 90.0 cm³/mol. The molecule has 0 saturated heterocycles. The van der Waals surface area contributed by atoms with Crippen molar-refractivity contribution >= 4 is 49.7 Å². The van der Waals surface area contributed by atoms with Gasteiger partial charge in [0.25, 0.3) is 0 Å². The fourth-order valence-electron chi connectivity index (χ4n) is 1.45. The number of hydrogen-bond donors (Lipinski definition) is 6. The van der Waals surface area contributed by atoms with Crippen LogP contribution in [-0.2, 0) is 14.4 Å². The van der Waals surface area contributed by atoms with Crippen molar-refractivity contribution in [2.45, 2.75) is 37.4 Å². The second-order valence-electron chi connectivity index (χ2n) is 4.84.